The monoisotopic (exact) mass is 320 g/mol. The Bertz CT molecular complexity index is 563. The van der Waals surface area contributed by atoms with Gasteiger partial charge in [-0.25, -0.2) is 8.42 Å². The zero-order chi connectivity index (χ0) is 14.0. The highest BCUT2D eigenvalue weighted by Gasteiger charge is 2.30. The van der Waals surface area contributed by atoms with Crippen molar-refractivity contribution in [3.8, 4) is 0 Å². The molecule has 1 aromatic rings. The molecular weight excluding hydrogens is 304 g/mol. The Hall–Kier alpha value is -0.430. The molecule has 1 unspecified atom stereocenters. The Balaban J connectivity index is 2.17. The Morgan fingerprint density at radius 2 is 2.26 bits per heavy atom. The van der Waals surface area contributed by atoms with Gasteiger partial charge >= 0.3 is 0 Å². The first-order valence-corrected chi connectivity index (χ1v) is 9.41. The summed E-state index contributed by atoms with van der Waals surface area (Å²) in [5.74, 6) is 1.58. The molecule has 0 aromatic heterocycles. The Labute approximate surface area is 123 Å². The third-order valence-electron chi connectivity index (χ3n) is 3.14. The van der Waals surface area contributed by atoms with E-state index in [4.69, 9.17) is 17.3 Å². The van der Waals surface area contributed by atoms with Gasteiger partial charge in [-0.1, -0.05) is 17.7 Å². The quantitative estimate of drug-likeness (QED) is 0.861. The number of nitrogens with two attached hydrogens (primary N) is 1. The van der Waals surface area contributed by atoms with Crippen LogP contribution < -0.4 is 5.73 Å². The molecule has 1 fully saturated rings. The van der Waals surface area contributed by atoms with Gasteiger partial charge in [0.05, 0.1) is 10.7 Å². The van der Waals surface area contributed by atoms with E-state index >= 15 is 0 Å². The first kappa shape index (κ1) is 15.0. The first-order valence-electron chi connectivity index (χ1n) is 5.92. The van der Waals surface area contributed by atoms with Gasteiger partial charge in [-0.05, 0) is 17.7 Å². The molecule has 7 heteroatoms. The maximum Gasteiger partial charge on any atom is 0.164 e. The summed E-state index contributed by atoms with van der Waals surface area (Å²) in [5.41, 5.74) is 7.20. The Morgan fingerprint density at radius 1 is 1.53 bits per heavy atom. The predicted molar refractivity (Wildman–Crippen MR) is 82.2 cm³/mol. The van der Waals surface area contributed by atoms with Gasteiger partial charge in [0.2, 0.25) is 0 Å². The van der Waals surface area contributed by atoms with Gasteiger partial charge in [0, 0.05) is 30.9 Å². The molecule has 2 rings (SSSR count). The molecule has 4 nitrogen and oxygen atoms in total. The van der Waals surface area contributed by atoms with Gasteiger partial charge in [0.25, 0.3) is 0 Å². The number of hydrogen-bond donors (Lipinski definition) is 1. The van der Waals surface area contributed by atoms with Crippen molar-refractivity contribution < 1.29 is 8.42 Å². The summed E-state index contributed by atoms with van der Waals surface area (Å²) < 4.78 is 23.6. The van der Waals surface area contributed by atoms with Crippen LogP contribution in [0.25, 0.3) is 0 Å². The number of thioether (sulfide) groups is 1. The molecule has 0 amide bonds. The van der Waals surface area contributed by atoms with E-state index in [9.17, 15) is 8.42 Å². The van der Waals surface area contributed by atoms with Crippen molar-refractivity contribution >= 4 is 38.9 Å². The highest BCUT2D eigenvalue weighted by Crippen LogP contribution is 2.25. The van der Waals surface area contributed by atoms with E-state index in [0.29, 0.717) is 23.0 Å². The maximum atomic E-state index is 11.8. The normalized spacial score (nSPS) is 21.5. The lowest BCUT2D eigenvalue weighted by atomic mass is 10.2. The van der Waals surface area contributed by atoms with Crippen molar-refractivity contribution in [1.82, 2.24) is 4.90 Å². The molecule has 0 bridgehead atoms. The molecule has 106 valence electrons. The Kier molecular flexibility index (Phi) is 4.66. The molecule has 1 aliphatic rings. The summed E-state index contributed by atoms with van der Waals surface area (Å²) in [6.07, 6.45) is 1.30. The predicted octanol–water partition coefficient (Wildman–Crippen LogP) is 1.84. The molecular formula is C12H17ClN2O2S2. The van der Waals surface area contributed by atoms with Crippen molar-refractivity contribution in [1.29, 1.82) is 0 Å². The highest BCUT2D eigenvalue weighted by atomic mass is 35.5. The van der Waals surface area contributed by atoms with Gasteiger partial charge in [0.15, 0.2) is 9.84 Å². The smallest absolute Gasteiger partial charge is 0.164 e. The standard InChI is InChI=1S/C12H17ClN2O2S2/c1-19(16,17)12-8-18-5-4-15(12)7-9-2-3-11(14)10(13)6-9/h2-3,6,12H,4-5,7-8,14H2,1H3. The second-order valence-electron chi connectivity index (χ2n) is 4.69. The van der Waals surface area contributed by atoms with E-state index in [1.54, 1.807) is 23.9 Å². The van der Waals surface area contributed by atoms with Crippen LogP contribution in [-0.2, 0) is 16.4 Å². The van der Waals surface area contributed by atoms with Gasteiger partial charge in [-0.15, -0.1) is 0 Å². The third kappa shape index (κ3) is 3.78. The zero-order valence-corrected chi connectivity index (χ0v) is 13.1. The number of nitrogen functional groups attached to an aromatic ring is 1. The maximum absolute atomic E-state index is 11.8. The summed E-state index contributed by atoms with van der Waals surface area (Å²) in [6.45, 7) is 1.35. The van der Waals surface area contributed by atoms with Crippen LogP contribution in [0.1, 0.15) is 5.56 Å². The first-order chi connectivity index (χ1) is 8.88. The number of rotatable bonds is 3. The lowest BCUT2D eigenvalue weighted by molar-refractivity contribution is 0.262. The zero-order valence-electron chi connectivity index (χ0n) is 10.7. The van der Waals surface area contributed by atoms with Crippen molar-refractivity contribution in [3.05, 3.63) is 28.8 Å². The van der Waals surface area contributed by atoms with Gasteiger partial charge < -0.3 is 5.73 Å². The lowest BCUT2D eigenvalue weighted by Crippen LogP contribution is -2.46. The molecule has 0 aliphatic carbocycles. The second-order valence-corrected chi connectivity index (χ2v) is 8.45. The van der Waals surface area contributed by atoms with Crippen molar-refractivity contribution in [3.63, 3.8) is 0 Å². The molecule has 2 N–H and O–H groups in total. The van der Waals surface area contributed by atoms with Gasteiger partial charge in [0.1, 0.15) is 5.37 Å². The average Bonchev–Trinajstić information content (AvgIpc) is 2.33. The molecule has 1 atom stereocenters. The third-order valence-corrected chi connectivity index (χ3v) is 6.15. The molecule has 1 aliphatic heterocycles. The van der Waals surface area contributed by atoms with E-state index in [2.05, 4.69) is 0 Å². The van der Waals surface area contributed by atoms with Crippen LogP contribution >= 0.6 is 23.4 Å². The van der Waals surface area contributed by atoms with Crippen molar-refractivity contribution in [2.45, 2.75) is 11.9 Å². The molecule has 1 heterocycles. The highest BCUT2D eigenvalue weighted by molar-refractivity contribution is 8.00. The largest absolute Gasteiger partial charge is 0.398 e. The SMILES string of the molecule is CS(=O)(=O)C1CSCCN1Cc1ccc(N)c(Cl)c1. The summed E-state index contributed by atoms with van der Waals surface area (Å²) in [5, 5.41) is 0.0994. The van der Waals surface area contributed by atoms with Crippen LogP contribution in [0.15, 0.2) is 18.2 Å². The van der Waals surface area contributed by atoms with Crippen LogP contribution in [0.4, 0.5) is 5.69 Å². The van der Waals surface area contributed by atoms with E-state index < -0.39 is 15.2 Å². The fourth-order valence-corrected chi connectivity index (χ4v) is 5.24. The molecule has 0 spiro atoms. The molecule has 1 saturated heterocycles. The molecule has 19 heavy (non-hydrogen) atoms. The second kappa shape index (κ2) is 5.91. The lowest BCUT2D eigenvalue weighted by Gasteiger charge is -2.34. The number of hydrogen-bond acceptors (Lipinski definition) is 5. The number of halogens is 1. The molecule has 0 radical (unpaired) electrons. The van der Waals surface area contributed by atoms with E-state index in [1.165, 1.54) is 6.26 Å². The van der Waals surface area contributed by atoms with E-state index in [-0.39, 0.29) is 0 Å². The van der Waals surface area contributed by atoms with Gasteiger partial charge in [-0.3, -0.25) is 4.90 Å². The fourth-order valence-electron chi connectivity index (χ4n) is 2.09. The van der Waals surface area contributed by atoms with Crippen LogP contribution in [0.2, 0.25) is 5.02 Å². The summed E-state index contributed by atoms with van der Waals surface area (Å²) in [6, 6.07) is 5.45. The topological polar surface area (TPSA) is 63.4 Å². The fraction of sp³-hybridized carbons (Fsp3) is 0.500. The van der Waals surface area contributed by atoms with Crippen LogP contribution in [0.3, 0.4) is 0 Å². The minimum atomic E-state index is -3.07. The number of anilines is 1. The number of benzene rings is 1. The van der Waals surface area contributed by atoms with E-state index in [1.807, 2.05) is 11.0 Å². The number of sulfone groups is 1. The summed E-state index contributed by atoms with van der Waals surface area (Å²) in [4.78, 5) is 1.99. The van der Waals surface area contributed by atoms with E-state index in [0.717, 1.165) is 17.9 Å². The average molecular weight is 321 g/mol. The minimum Gasteiger partial charge on any atom is -0.398 e. The minimum absolute atomic E-state index is 0.414. The van der Waals surface area contributed by atoms with Crippen molar-refractivity contribution in [2.75, 3.05) is 30.0 Å². The van der Waals surface area contributed by atoms with Crippen LogP contribution in [0, 0.1) is 0 Å². The molecule has 1 aromatic carbocycles. The molecule has 0 saturated carbocycles. The summed E-state index contributed by atoms with van der Waals surface area (Å²) in [7, 11) is -3.07. The van der Waals surface area contributed by atoms with Crippen LogP contribution in [-0.4, -0.2) is 43.0 Å². The summed E-state index contributed by atoms with van der Waals surface area (Å²) >= 11 is 7.67. The van der Waals surface area contributed by atoms with Crippen LogP contribution in [0.5, 0.6) is 0 Å². The Morgan fingerprint density at radius 3 is 2.89 bits per heavy atom. The number of nitrogens with zero attached hydrogens (tertiary/aromatic N) is 1. The van der Waals surface area contributed by atoms with Crippen molar-refractivity contribution in [2.24, 2.45) is 0 Å². The van der Waals surface area contributed by atoms with Gasteiger partial charge in [-0.2, -0.15) is 11.8 Å².